The van der Waals surface area contributed by atoms with Crippen molar-refractivity contribution in [2.75, 3.05) is 31.6 Å². The molecule has 0 aliphatic carbocycles. The number of nitrogens with zero attached hydrogens (tertiary/aromatic N) is 4. The van der Waals surface area contributed by atoms with Crippen LogP contribution in [0.15, 0.2) is 42.7 Å². The average molecular weight is 336 g/mol. The van der Waals surface area contributed by atoms with Gasteiger partial charge in [-0.1, -0.05) is 12.1 Å². The fourth-order valence-electron chi connectivity index (χ4n) is 5.26. The highest BCUT2D eigenvalue weighted by molar-refractivity contribution is 5.43. The zero-order valence-electron chi connectivity index (χ0n) is 14.6. The minimum absolute atomic E-state index is 0.479. The molecule has 4 fully saturated rings. The van der Waals surface area contributed by atoms with Crippen molar-refractivity contribution in [1.29, 1.82) is 0 Å². The summed E-state index contributed by atoms with van der Waals surface area (Å²) in [6, 6.07) is 11.6. The second-order valence-corrected chi connectivity index (χ2v) is 7.44. The predicted molar refractivity (Wildman–Crippen MR) is 97.0 cm³/mol. The Balaban J connectivity index is 1.56. The summed E-state index contributed by atoms with van der Waals surface area (Å²) in [4.78, 5) is 14.3. The molecular formula is C20H24N4O. The first-order chi connectivity index (χ1) is 12.3. The molecule has 5 heteroatoms. The summed E-state index contributed by atoms with van der Waals surface area (Å²) in [6.45, 7) is 3.45. The number of methoxy groups -OCH3 is 1. The molecule has 5 nitrogen and oxygen atoms in total. The van der Waals surface area contributed by atoms with E-state index in [1.807, 2.05) is 24.5 Å². The predicted octanol–water partition coefficient (Wildman–Crippen LogP) is 2.55. The van der Waals surface area contributed by atoms with Crippen LogP contribution in [-0.2, 0) is 0 Å². The van der Waals surface area contributed by atoms with Gasteiger partial charge in [0.2, 0.25) is 5.95 Å². The summed E-state index contributed by atoms with van der Waals surface area (Å²) < 4.78 is 5.47. The van der Waals surface area contributed by atoms with Crippen molar-refractivity contribution in [3.63, 3.8) is 0 Å². The van der Waals surface area contributed by atoms with Crippen molar-refractivity contribution in [3.05, 3.63) is 48.3 Å². The van der Waals surface area contributed by atoms with E-state index >= 15 is 0 Å². The molecule has 0 amide bonds. The van der Waals surface area contributed by atoms with Crippen LogP contribution in [-0.4, -0.2) is 53.7 Å². The molecule has 4 aliphatic rings. The average Bonchev–Trinajstić information content (AvgIpc) is 3.12. The maximum atomic E-state index is 5.47. The molecule has 0 spiro atoms. The molecule has 3 atom stereocenters. The summed E-state index contributed by atoms with van der Waals surface area (Å²) >= 11 is 0. The Labute approximate surface area is 148 Å². The molecule has 0 saturated carbocycles. The highest BCUT2D eigenvalue weighted by atomic mass is 16.5. The highest BCUT2D eigenvalue weighted by Gasteiger charge is 2.54. The molecule has 0 unspecified atom stereocenters. The van der Waals surface area contributed by atoms with Crippen LogP contribution in [0.3, 0.4) is 0 Å². The summed E-state index contributed by atoms with van der Waals surface area (Å²) in [6.07, 6.45) is 6.32. The van der Waals surface area contributed by atoms with Crippen LogP contribution >= 0.6 is 0 Å². The molecule has 6 rings (SSSR count). The molecule has 2 aromatic rings. The molecule has 0 radical (unpaired) electrons. The van der Waals surface area contributed by atoms with E-state index in [0.29, 0.717) is 18.0 Å². The van der Waals surface area contributed by atoms with Crippen LogP contribution in [0, 0.1) is 5.92 Å². The Morgan fingerprint density at radius 1 is 1.04 bits per heavy atom. The number of hydrogen-bond donors (Lipinski definition) is 0. The lowest BCUT2D eigenvalue weighted by Gasteiger charge is -2.51. The topological polar surface area (TPSA) is 41.5 Å². The smallest absolute Gasteiger partial charge is 0.225 e. The van der Waals surface area contributed by atoms with Gasteiger partial charge in [-0.2, -0.15) is 0 Å². The minimum Gasteiger partial charge on any atom is -0.497 e. The molecule has 1 aromatic carbocycles. The number of piperidine rings is 3. The van der Waals surface area contributed by atoms with Crippen LogP contribution in [0.25, 0.3) is 0 Å². The van der Waals surface area contributed by atoms with Gasteiger partial charge in [0.05, 0.1) is 13.2 Å². The summed E-state index contributed by atoms with van der Waals surface area (Å²) in [5.74, 6) is 3.07. The normalized spacial score (nSPS) is 33.3. The Morgan fingerprint density at radius 3 is 2.60 bits per heavy atom. The van der Waals surface area contributed by atoms with Crippen LogP contribution in [0.2, 0.25) is 0 Å². The van der Waals surface area contributed by atoms with E-state index in [4.69, 9.17) is 4.74 Å². The van der Waals surface area contributed by atoms with E-state index in [0.717, 1.165) is 24.2 Å². The quantitative estimate of drug-likeness (QED) is 0.862. The SMILES string of the molecule is COc1cccc([C@H]2CN(c3ncccn3)[C@@H]3C4CCN(CC4)[C@H]23)c1. The number of ether oxygens (including phenoxy) is 1. The third-order valence-electron chi connectivity index (χ3n) is 6.33. The first-order valence-corrected chi connectivity index (χ1v) is 9.27. The van der Waals surface area contributed by atoms with Crippen LogP contribution < -0.4 is 9.64 Å². The Kier molecular flexibility index (Phi) is 3.63. The molecule has 130 valence electrons. The van der Waals surface area contributed by atoms with Crippen molar-refractivity contribution in [2.45, 2.75) is 30.8 Å². The van der Waals surface area contributed by atoms with Gasteiger partial charge in [0.25, 0.3) is 0 Å². The van der Waals surface area contributed by atoms with Gasteiger partial charge in [0, 0.05) is 30.9 Å². The van der Waals surface area contributed by atoms with Crippen molar-refractivity contribution in [2.24, 2.45) is 5.92 Å². The maximum absolute atomic E-state index is 5.47. The Hall–Kier alpha value is -2.14. The number of anilines is 1. The lowest BCUT2D eigenvalue weighted by atomic mass is 9.75. The summed E-state index contributed by atoms with van der Waals surface area (Å²) in [5.41, 5.74) is 1.38. The van der Waals surface area contributed by atoms with Gasteiger partial charge in [-0.15, -0.1) is 0 Å². The zero-order valence-corrected chi connectivity index (χ0v) is 14.6. The maximum Gasteiger partial charge on any atom is 0.225 e. The van der Waals surface area contributed by atoms with Crippen LogP contribution in [0.5, 0.6) is 5.75 Å². The largest absolute Gasteiger partial charge is 0.497 e. The fourth-order valence-corrected chi connectivity index (χ4v) is 5.26. The number of fused-ring (bicyclic) bond motifs is 2. The van der Waals surface area contributed by atoms with Gasteiger partial charge < -0.3 is 9.64 Å². The van der Waals surface area contributed by atoms with Crippen LogP contribution in [0.1, 0.15) is 24.3 Å². The number of benzene rings is 1. The number of hydrogen-bond acceptors (Lipinski definition) is 5. The number of rotatable bonds is 3. The van der Waals surface area contributed by atoms with E-state index in [1.54, 1.807) is 7.11 Å². The molecule has 1 aromatic heterocycles. The second-order valence-electron chi connectivity index (χ2n) is 7.44. The minimum atomic E-state index is 0.479. The van der Waals surface area contributed by atoms with E-state index < -0.39 is 0 Å². The third-order valence-corrected chi connectivity index (χ3v) is 6.33. The molecule has 2 bridgehead atoms. The first-order valence-electron chi connectivity index (χ1n) is 9.27. The van der Waals surface area contributed by atoms with E-state index in [-0.39, 0.29) is 0 Å². The van der Waals surface area contributed by atoms with Gasteiger partial charge in [-0.3, -0.25) is 4.90 Å². The molecule has 0 N–H and O–H groups in total. The monoisotopic (exact) mass is 336 g/mol. The van der Waals surface area contributed by atoms with E-state index in [1.165, 1.54) is 31.5 Å². The Morgan fingerprint density at radius 2 is 1.84 bits per heavy atom. The van der Waals surface area contributed by atoms with Crippen molar-refractivity contribution in [1.82, 2.24) is 14.9 Å². The molecule has 4 saturated heterocycles. The zero-order chi connectivity index (χ0) is 16.8. The third kappa shape index (κ3) is 2.41. The molecule has 5 heterocycles. The summed E-state index contributed by atoms with van der Waals surface area (Å²) in [7, 11) is 1.74. The lowest BCUT2D eigenvalue weighted by Crippen LogP contribution is -2.60. The van der Waals surface area contributed by atoms with E-state index in [2.05, 4.69) is 38.0 Å². The van der Waals surface area contributed by atoms with E-state index in [9.17, 15) is 0 Å². The molecule has 4 aliphatic heterocycles. The molecular weight excluding hydrogens is 312 g/mol. The lowest BCUT2D eigenvalue weighted by molar-refractivity contribution is 0.0353. The molecule has 25 heavy (non-hydrogen) atoms. The number of aromatic nitrogens is 2. The fraction of sp³-hybridized carbons (Fsp3) is 0.500. The van der Waals surface area contributed by atoms with Crippen molar-refractivity contribution < 1.29 is 4.74 Å². The van der Waals surface area contributed by atoms with Gasteiger partial charge in [0.1, 0.15) is 5.75 Å². The second kappa shape index (κ2) is 5.99. The van der Waals surface area contributed by atoms with Crippen molar-refractivity contribution in [3.8, 4) is 5.75 Å². The first kappa shape index (κ1) is 15.1. The standard InChI is InChI=1S/C20H24N4O/c1-25-16-5-2-4-15(12-16)17-13-24(20-21-8-3-9-22-20)18-14-6-10-23(11-7-14)19(17)18/h2-5,8-9,12,14,17-19H,6-7,10-11,13H2,1H3/t17-,18-,19-/m1/s1. The van der Waals surface area contributed by atoms with Crippen molar-refractivity contribution >= 4 is 5.95 Å². The highest BCUT2D eigenvalue weighted by Crippen LogP contribution is 2.47. The Bertz CT molecular complexity index is 744. The van der Waals surface area contributed by atoms with Gasteiger partial charge in [-0.05, 0) is 55.6 Å². The van der Waals surface area contributed by atoms with Gasteiger partial charge in [-0.25, -0.2) is 9.97 Å². The van der Waals surface area contributed by atoms with Gasteiger partial charge >= 0.3 is 0 Å². The van der Waals surface area contributed by atoms with Gasteiger partial charge in [0.15, 0.2) is 0 Å². The summed E-state index contributed by atoms with van der Waals surface area (Å²) in [5, 5.41) is 0. The van der Waals surface area contributed by atoms with Crippen LogP contribution in [0.4, 0.5) is 5.95 Å².